The molecule has 32 heavy (non-hydrogen) atoms. The smallest absolute Gasteiger partial charge is 0.250 e. The fraction of sp³-hybridized carbons (Fsp3) is 0.500. The van der Waals surface area contributed by atoms with Gasteiger partial charge in [0.25, 0.3) is 0 Å². The van der Waals surface area contributed by atoms with E-state index in [2.05, 4.69) is 21.4 Å². The molecule has 0 aliphatic carbocycles. The molecule has 1 amide bonds. The summed E-state index contributed by atoms with van der Waals surface area (Å²) in [4.78, 5) is 23.1. The van der Waals surface area contributed by atoms with Crippen LogP contribution in [0.5, 0.6) is 5.88 Å². The van der Waals surface area contributed by atoms with E-state index in [4.69, 9.17) is 14.7 Å². The number of aliphatic imine (C=N–C) groups is 1. The third kappa shape index (κ3) is 6.17. The number of nitrogens with one attached hydrogen (secondary N) is 1. The predicted octanol–water partition coefficient (Wildman–Crippen LogP) is 4.02. The molecule has 0 saturated carbocycles. The highest BCUT2D eigenvalue weighted by atomic mass is 16.5. The minimum Gasteiger partial charge on any atom is -0.481 e. The molecule has 1 aromatic rings. The Kier molecular flexibility index (Phi) is 9.41. The first-order chi connectivity index (χ1) is 15.4. The van der Waals surface area contributed by atoms with E-state index in [1.54, 1.807) is 25.7 Å². The molecule has 8 nitrogen and oxygen atoms in total. The van der Waals surface area contributed by atoms with Crippen LogP contribution < -0.4 is 10.1 Å². The number of amidine groups is 1. The van der Waals surface area contributed by atoms with Crippen molar-refractivity contribution in [3.8, 4) is 11.9 Å². The standard InChI is InChI=1S/C24H33N5O3/c1-6-24(7-2,20-11-12-26-23(13-20)31-5)32-17-22(30)28-15-18(4)29(8-3)21-10-9-19(14-25)16-27-21/h11-13,15-16H,6-10,17H2,1-5H3,(H,28,30)/b18-15+. The summed E-state index contributed by atoms with van der Waals surface area (Å²) in [5.41, 5.74) is 1.89. The van der Waals surface area contributed by atoms with E-state index >= 15 is 0 Å². The van der Waals surface area contributed by atoms with Gasteiger partial charge in [-0.05, 0) is 44.7 Å². The lowest BCUT2D eigenvalue weighted by atomic mass is 9.89. The number of methoxy groups -OCH3 is 1. The molecule has 0 saturated heterocycles. The molecule has 8 heteroatoms. The number of allylic oxidation sites excluding steroid dienone is 2. The minimum atomic E-state index is -0.594. The van der Waals surface area contributed by atoms with Crippen molar-refractivity contribution in [2.45, 2.75) is 59.0 Å². The van der Waals surface area contributed by atoms with Gasteiger partial charge in [0, 0.05) is 48.9 Å². The second-order valence-electron chi connectivity index (χ2n) is 7.49. The molecule has 0 aromatic carbocycles. The number of carbonyl (C=O) groups excluding carboxylic acids is 1. The van der Waals surface area contributed by atoms with Crippen LogP contribution in [-0.2, 0) is 15.1 Å². The van der Waals surface area contributed by atoms with Crippen molar-refractivity contribution in [3.05, 3.63) is 47.6 Å². The Labute approximate surface area is 190 Å². The number of aromatic nitrogens is 1. The third-order valence-electron chi connectivity index (χ3n) is 5.72. The van der Waals surface area contributed by atoms with Gasteiger partial charge in [0.05, 0.1) is 18.8 Å². The lowest BCUT2D eigenvalue weighted by molar-refractivity contribution is -0.134. The summed E-state index contributed by atoms with van der Waals surface area (Å²) in [6.07, 6.45) is 7.77. The van der Waals surface area contributed by atoms with Gasteiger partial charge in [-0.3, -0.25) is 4.79 Å². The van der Waals surface area contributed by atoms with Gasteiger partial charge >= 0.3 is 0 Å². The van der Waals surface area contributed by atoms with Gasteiger partial charge in [0.2, 0.25) is 11.8 Å². The van der Waals surface area contributed by atoms with E-state index in [0.29, 0.717) is 43.7 Å². The number of rotatable bonds is 10. The Hall–Kier alpha value is -3.18. The molecular formula is C24H33N5O3. The molecule has 1 aromatic heterocycles. The maximum Gasteiger partial charge on any atom is 0.250 e. The summed E-state index contributed by atoms with van der Waals surface area (Å²) < 4.78 is 11.4. The molecule has 1 N–H and O–H groups in total. The number of nitriles is 1. The normalized spacial score (nSPS) is 14.2. The summed E-state index contributed by atoms with van der Waals surface area (Å²) >= 11 is 0. The van der Waals surface area contributed by atoms with E-state index in [-0.39, 0.29) is 12.5 Å². The number of hydrogen-bond acceptors (Lipinski definition) is 7. The van der Waals surface area contributed by atoms with Crippen molar-refractivity contribution in [3.63, 3.8) is 0 Å². The van der Waals surface area contributed by atoms with Gasteiger partial charge in [-0.25, -0.2) is 9.98 Å². The fourth-order valence-electron chi connectivity index (χ4n) is 3.71. The van der Waals surface area contributed by atoms with Crippen LogP contribution in [0.4, 0.5) is 0 Å². The zero-order valence-corrected chi connectivity index (χ0v) is 19.6. The van der Waals surface area contributed by atoms with Crippen molar-refractivity contribution < 1.29 is 14.3 Å². The Morgan fingerprint density at radius 3 is 2.66 bits per heavy atom. The lowest BCUT2D eigenvalue weighted by Crippen LogP contribution is -2.35. The molecule has 0 unspecified atom stereocenters. The van der Waals surface area contributed by atoms with Gasteiger partial charge in [-0.2, -0.15) is 5.26 Å². The van der Waals surface area contributed by atoms with Crippen LogP contribution in [0.3, 0.4) is 0 Å². The molecule has 172 valence electrons. The Balaban J connectivity index is 2.04. The highest BCUT2D eigenvalue weighted by Gasteiger charge is 2.31. The molecule has 2 heterocycles. The first kappa shape index (κ1) is 25.1. The van der Waals surface area contributed by atoms with Crippen LogP contribution in [0.15, 0.2) is 47.0 Å². The zero-order chi connectivity index (χ0) is 23.6. The number of nitrogens with zero attached hydrogens (tertiary/aromatic N) is 4. The van der Waals surface area contributed by atoms with Crippen LogP contribution in [0.25, 0.3) is 0 Å². The zero-order valence-electron chi connectivity index (χ0n) is 19.6. The Morgan fingerprint density at radius 2 is 2.09 bits per heavy atom. The maximum atomic E-state index is 12.5. The van der Waals surface area contributed by atoms with E-state index in [1.807, 2.05) is 44.7 Å². The lowest BCUT2D eigenvalue weighted by Gasteiger charge is -2.32. The summed E-state index contributed by atoms with van der Waals surface area (Å²) in [5.74, 6) is 1.17. The Bertz CT molecular complexity index is 926. The third-order valence-corrected chi connectivity index (χ3v) is 5.72. The van der Waals surface area contributed by atoms with E-state index < -0.39 is 5.60 Å². The largest absolute Gasteiger partial charge is 0.481 e. The quantitative estimate of drug-likeness (QED) is 0.591. The molecule has 0 radical (unpaired) electrons. The highest BCUT2D eigenvalue weighted by Crippen LogP contribution is 2.34. The summed E-state index contributed by atoms with van der Waals surface area (Å²) in [6.45, 7) is 8.65. The van der Waals surface area contributed by atoms with Crippen molar-refractivity contribution in [2.24, 2.45) is 4.99 Å². The second kappa shape index (κ2) is 12.0. The topological polar surface area (TPSA) is 99.8 Å². The van der Waals surface area contributed by atoms with Crippen LogP contribution in [-0.4, -0.2) is 41.9 Å². The summed E-state index contributed by atoms with van der Waals surface area (Å²) in [6, 6.07) is 5.89. The first-order valence-electron chi connectivity index (χ1n) is 11.0. The van der Waals surface area contributed by atoms with Gasteiger partial charge in [0.1, 0.15) is 12.4 Å². The highest BCUT2D eigenvalue weighted by molar-refractivity contribution is 5.86. The molecule has 0 bridgehead atoms. The van der Waals surface area contributed by atoms with Crippen molar-refractivity contribution in [1.29, 1.82) is 5.26 Å². The predicted molar refractivity (Wildman–Crippen MR) is 124 cm³/mol. The average molecular weight is 440 g/mol. The van der Waals surface area contributed by atoms with Gasteiger partial charge in [0.15, 0.2) is 0 Å². The monoisotopic (exact) mass is 439 g/mol. The van der Waals surface area contributed by atoms with E-state index in [9.17, 15) is 4.79 Å². The average Bonchev–Trinajstić information content (AvgIpc) is 2.84. The summed E-state index contributed by atoms with van der Waals surface area (Å²) in [7, 11) is 1.58. The Morgan fingerprint density at radius 1 is 1.34 bits per heavy atom. The van der Waals surface area contributed by atoms with E-state index in [0.717, 1.165) is 17.1 Å². The molecular weight excluding hydrogens is 406 g/mol. The SMILES string of the molecule is CCN(C1=NC=C(C#N)CC1)/C(C)=C/NC(=O)COC(CC)(CC)c1ccnc(OC)c1. The van der Waals surface area contributed by atoms with E-state index in [1.165, 1.54) is 0 Å². The number of ether oxygens (including phenoxy) is 2. The van der Waals surface area contributed by atoms with Gasteiger partial charge < -0.3 is 19.7 Å². The van der Waals surface area contributed by atoms with Gasteiger partial charge in [-0.1, -0.05) is 13.8 Å². The van der Waals surface area contributed by atoms with Crippen molar-refractivity contribution in [1.82, 2.24) is 15.2 Å². The number of hydrogen-bond donors (Lipinski definition) is 1. The minimum absolute atomic E-state index is 0.0720. The van der Waals surface area contributed by atoms with Crippen LogP contribution in [0.2, 0.25) is 0 Å². The van der Waals surface area contributed by atoms with Crippen LogP contribution in [0, 0.1) is 11.3 Å². The number of amides is 1. The maximum absolute atomic E-state index is 12.5. The van der Waals surface area contributed by atoms with Crippen molar-refractivity contribution >= 4 is 11.7 Å². The molecule has 2 rings (SSSR count). The molecule has 0 fully saturated rings. The number of carbonyl (C=O) groups is 1. The molecule has 1 aliphatic heterocycles. The first-order valence-corrected chi connectivity index (χ1v) is 11.0. The van der Waals surface area contributed by atoms with Crippen molar-refractivity contribution in [2.75, 3.05) is 20.3 Å². The number of pyridine rings is 1. The summed E-state index contributed by atoms with van der Waals surface area (Å²) in [5, 5.41) is 11.8. The van der Waals surface area contributed by atoms with Crippen LogP contribution in [0.1, 0.15) is 58.9 Å². The second-order valence-corrected chi connectivity index (χ2v) is 7.49. The fourth-order valence-corrected chi connectivity index (χ4v) is 3.71. The van der Waals surface area contributed by atoms with Gasteiger partial charge in [-0.15, -0.1) is 0 Å². The molecule has 0 atom stereocenters. The van der Waals surface area contributed by atoms with Crippen LogP contribution >= 0.6 is 0 Å². The molecule has 1 aliphatic rings. The molecule has 0 spiro atoms.